The van der Waals surface area contributed by atoms with E-state index in [0.29, 0.717) is 24.8 Å². The summed E-state index contributed by atoms with van der Waals surface area (Å²) in [5.74, 6) is 2.78. The van der Waals surface area contributed by atoms with E-state index in [1.54, 1.807) is 12.4 Å². The van der Waals surface area contributed by atoms with Gasteiger partial charge in [0.05, 0.1) is 13.2 Å². The monoisotopic (exact) mass is 357 g/mol. The molecule has 0 spiro atoms. The van der Waals surface area contributed by atoms with Crippen molar-refractivity contribution in [2.24, 2.45) is 9.98 Å². The Bertz CT molecular complexity index is 908. The SMILES string of the molecule is C1=Nc2cccc(n2)/N=C\c2ccccc2OCCCOc2ccccc21. The highest BCUT2D eigenvalue weighted by Gasteiger charge is 2.04. The minimum atomic E-state index is 0.564. The molecule has 134 valence electrons. The smallest absolute Gasteiger partial charge is 0.154 e. The van der Waals surface area contributed by atoms with Crippen LogP contribution in [-0.4, -0.2) is 30.6 Å². The predicted octanol–water partition coefficient (Wildman–Crippen LogP) is 4.74. The predicted molar refractivity (Wildman–Crippen MR) is 107 cm³/mol. The average molecular weight is 357 g/mol. The van der Waals surface area contributed by atoms with Gasteiger partial charge in [-0.1, -0.05) is 30.3 Å². The first kappa shape index (κ1) is 17.0. The summed E-state index contributed by atoms with van der Waals surface area (Å²) in [6, 6.07) is 21.2. The Morgan fingerprint density at radius 3 is 1.67 bits per heavy atom. The lowest BCUT2D eigenvalue weighted by molar-refractivity contribution is 0.247. The number of aliphatic imine (C=N–C) groups is 2. The molecule has 0 atom stereocenters. The molecule has 0 saturated carbocycles. The lowest BCUT2D eigenvalue weighted by Crippen LogP contribution is -2.07. The van der Waals surface area contributed by atoms with Crippen molar-refractivity contribution in [3.63, 3.8) is 0 Å². The minimum Gasteiger partial charge on any atom is -0.493 e. The number of aromatic nitrogens is 1. The fourth-order valence-corrected chi connectivity index (χ4v) is 2.69. The molecular weight excluding hydrogens is 338 g/mol. The minimum absolute atomic E-state index is 0.564. The van der Waals surface area contributed by atoms with E-state index >= 15 is 0 Å². The van der Waals surface area contributed by atoms with Crippen molar-refractivity contribution in [1.82, 2.24) is 4.98 Å². The first-order valence-corrected chi connectivity index (χ1v) is 8.87. The molecule has 1 aliphatic heterocycles. The Kier molecular flexibility index (Phi) is 5.20. The highest BCUT2D eigenvalue weighted by Crippen LogP contribution is 2.21. The lowest BCUT2D eigenvalue weighted by atomic mass is 10.2. The fraction of sp³-hybridized carbons (Fsp3) is 0.136. The summed E-state index contributed by atoms with van der Waals surface area (Å²) in [5, 5.41) is 0. The Balaban J connectivity index is 1.70. The number of benzene rings is 2. The van der Waals surface area contributed by atoms with Gasteiger partial charge in [-0.3, -0.25) is 0 Å². The maximum atomic E-state index is 5.91. The molecule has 0 radical (unpaired) electrons. The van der Waals surface area contributed by atoms with Gasteiger partial charge in [-0.05, 0) is 36.4 Å². The van der Waals surface area contributed by atoms with E-state index < -0.39 is 0 Å². The van der Waals surface area contributed by atoms with E-state index in [4.69, 9.17) is 9.47 Å². The third kappa shape index (κ3) is 4.39. The van der Waals surface area contributed by atoms with Crippen LogP contribution in [0.25, 0.3) is 0 Å². The molecule has 27 heavy (non-hydrogen) atoms. The molecule has 1 aliphatic rings. The van der Waals surface area contributed by atoms with Crippen LogP contribution in [-0.2, 0) is 0 Å². The Morgan fingerprint density at radius 2 is 1.11 bits per heavy atom. The van der Waals surface area contributed by atoms with E-state index in [1.807, 2.05) is 66.7 Å². The van der Waals surface area contributed by atoms with Crippen LogP contribution in [0.3, 0.4) is 0 Å². The zero-order chi connectivity index (χ0) is 18.3. The third-order valence-electron chi connectivity index (χ3n) is 4.03. The van der Waals surface area contributed by atoms with Crippen LogP contribution in [0.15, 0.2) is 76.7 Å². The van der Waals surface area contributed by atoms with Crippen molar-refractivity contribution in [3.05, 3.63) is 77.9 Å². The molecule has 0 saturated heterocycles. The van der Waals surface area contributed by atoms with Crippen molar-refractivity contribution in [3.8, 4) is 11.5 Å². The van der Waals surface area contributed by atoms with Crippen LogP contribution in [0.1, 0.15) is 17.5 Å². The second kappa shape index (κ2) is 8.27. The van der Waals surface area contributed by atoms with E-state index in [0.717, 1.165) is 29.0 Å². The summed E-state index contributed by atoms with van der Waals surface area (Å²) in [5.41, 5.74) is 1.82. The summed E-state index contributed by atoms with van der Waals surface area (Å²) < 4.78 is 11.8. The van der Waals surface area contributed by atoms with E-state index in [1.165, 1.54) is 0 Å². The highest BCUT2D eigenvalue weighted by atomic mass is 16.5. The summed E-state index contributed by atoms with van der Waals surface area (Å²) >= 11 is 0. The van der Waals surface area contributed by atoms with Crippen LogP contribution in [0.2, 0.25) is 0 Å². The van der Waals surface area contributed by atoms with Crippen molar-refractivity contribution < 1.29 is 9.47 Å². The summed E-state index contributed by atoms with van der Waals surface area (Å²) in [7, 11) is 0. The molecule has 2 heterocycles. The van der Waals surface area contributed by atoms with Gasteiger partial charge >= 0.3 is 0 Å². The standard InChI is InChI=1S/C22H19N3O2/c1-3-9-19-17(7-1)15-23-21-11-5-12-22(25-21)24-16-18-8-2-4-10-20(18)27-14-6-13-26-19/h1-5,7-12,15-16H,6,13-14H2/b23-15-,24-16?. The highest BCUT2D eigenvalue weighted by molar-refractivity contribution is 5.86. The largest absolute Gasteiger partial charge is 0.493 e. The molecule has 4 rings (SSSR count). The van der Waals surface area contributed by atoms with Crippen LogP contribution in [0.4, 0.5) is 11.6 Å². The van der Waals surface area contributed by atoms with Crippen LogP contribution >= 0.6 is 0 Å². The van der Waals surface area contributed by atoms with Gasteiger partial charge in [-0.25, -0.2) is 15.0 Å². The number of hydrogen-bond acceptors (Lipinski definition) is 5. The van der Waals surface area contributed by atoms with Crippen molar-refractivity contribution >= 4 is 24.1 Å². The van der Waals surface area contributed by atoms with Crippen molar-refractivity contribution in [2.45, 2.75) is 6.42 Å². The molecular formula is C22H19N3O2. The number of ether oxygens (including phenoxy) is 2. The van der Waals surface area contributed by atoms with Crippen molar-refractivity contribution in [2.75, 3.05) is 13.2 Å². The molecule has 0 unspecified atom stereocenters. The summed E-state index contributed by atoms with van der Waals surface area (Å²) in [6.45, 7) is 1.13. The molecule has 5 heteroatoms. The van der Waals surface area contributed by atoms with Gasteiger partial charge in [-0.2, -0.15) is 0 Å². The Hall–Kier alpha value is -3.47. The van der Waals surface area contributed by atoms with Gasteiger partial charge in [0, 0.05) is 30.0 Å². The third-order valence-corrected chi connectivity index (χ3v) is 4.03. The van der Waals surface area contributed by atoms with Crippen LogP contribution in [0.5, 0.6) is 11.5 Å². The molecule has 0 N–H and O–H groups in total. The quantitative estimate of drug-likeness (QED) is 0.584. The molecule has 0 aliphatic carbocycles. The summed E-state index contributed by atoms with van der Waals surface area (Å²) in [4.78, 5) is 13.4. The fourth-order valence-electron chi connectivity index (χ4n) is 2.69. The number of fused-ring (bicyclic) bond motifs is 4. The number of hydrogen-bond donors (Lipinski definition) is 0. The van der Waals surface area contributed by atoms with Gasteiger partial charge in [-0.15, -0.1) is 0 Å². The average Bonchev–Trinajstić information content (AvgIpc) is 2.71. The second-order valence-electron chi connectivity index (χ2n) is 6.00. The van der Waals surface area contributed by atoms with Crippen LogP contribution in [0, 0.1) is 0 Å². The number of nitrogens with zero attached hydrogens (tertiary/aromatic N) is 3. The van der Waals surface area contributed by atoms with Gasteiger partial charge in [0.1, 0.15) is 11.5 Å². The number of pyridine rings is 1. The molecule has 0 amide bonds. The van der Waals surface area contributed by atoms with Gasteiger partial charge in [0.15, 0.2) is 11.6 Å². The maximum Gasteiger partial charge on any atom is 0.154 e. The number of rotatable bonds is 0. The first-order valence-electron chi connectivity index (χ1n) is 8.87. The molecule has 3 aromatic rings. The zero-order valence-electron chi connectivity index (χ0n) is 14.8. The number of para-hydroxylation sites is 2. The zero-order valence-corrected chi connectivity index (χ0v) is 14.8. The molecule has 2 aromatic carbocycles. The van der Waals surface area contributed by atoms with Gasteiger partial charge < -0.3 is 9.47 Å². The normalized spacial score (nSPS) is 15.0. The van der Waals surface area contributed by atoms with Crippen molar-refractivity contribution in [1.29, 1.82) is 0 Å². The second-order valence-corrected chi connectivity index (χ2v) is 6.00. The maximum absolute atomic E-state index is 5.91. The van der Waals surface area contributed by atoms with E-state index in [9.17, 15) is 0 Å². The van der Waals surface area contributed by atoms with Gasteiger partial charge in [0.2, 0.25) is 0 Å². The van der Waals surface area contributed by atoms with Gasteiger partial charge in [0.25, 0.3) is 0 Å². The molecule has 0 fully saturated rings. The Morgan fingerprint density at radius 1 is 0.593 bits per heavy atom. The first-order chi connectivity index (χ1) is 13.4. The van der Waals surface area contributed by atoms with E-state index in [-0.39, 0.29) is 0 Å². The molecule has 5 nitrogen and oxygen atoms in total. The summed E-state index contributed by atoms with van der Waals surface area (Å²) in [6.07, 6.45) is 4.31. The molecule has 1 aromatic heterocycles. The Labute approximate surface area is 158 Å². The van der Waals surface area contributed by atoms with E-state index in [2.05, 4.69) is 15.0 Å². The lowest BCUT2D eigenvalue weighted by Gasteiger charge is -2.11. The molecule has 2 bridgehead atoms. The van der Waals surface area contributed by atoms with Crippen LogP contribution < -0.4 is 9.47 Å². The topological polar surface area (TPSA) is 56.1 Å².